The number of nitrogens with two attached hydrogens (primary N) is 6. The molecule has 1 saturated heterocycles. The summed E-state index contributed by atoms with van der Waals surface area (Å²) in [6, 6.07) is -2.97. The van der Waals surface area contributed by atoms with Crippen LogP contribution in [-0.4, -0.2) is 212 Å². The predicted octanol–water partition coefficient (Wildman–Crippen LogP) is -7.86. The Hall–Kier alpha value is -8.43. The number of carbonyl (C=O) groups is 13. The molecule has 1 fully saturated rings. The summed E-state index contributed by atoms with van der Waals surface area (Å²) < 4.78 is 0. The number of phenolic OH excluding ortho intramolecular Hbond substituents is 1. The molecule has 4 rings (SSSR count). The summed E-state index contributed by atoms with van der Waals surface area (Å²) in [7, 11) is 0. The Bertz CT molecular complexity index is 3090. The number of aliphatic hydroxyl groups excluding tert-OH is 2. The van der Waals surface area contributed by atoms with E-state index in [1.54, 1.807) is 30.3 Å². The number of aliphatic hydroxyl groups is 2. The molecule has 1 aromatic heterocycles. The number of aliphatic carboxylic acids is 1. The van der Waals surface area contributed by atoms with E-state index in [4.69, 9.17) is 34.4 Å². The molecule has 1 aliphatic heterocycles. The van der Waals surface area contributed by atoms with Gasteiger partial charge in [-0.3, -0.25) is 73.0 Å². The molecular weight excluding hydrogens is 1220 g/mol. The normalized spacial score (nSPS) is 16.4. The minimum Gasteiger partial charge on any atom is -0.508 e. The van der Waals surface area contributed by atoms with Crippen molar-refractivity contribution in [1.29, 1.82) is 0 Å². The third-order valence-corrected chi connectivity index (χ3v) is 15.0. The van der Waals surface area contributed by atoms with Gasteiger partial charge in [0.15, 0.2) is 6.29 Å². The molecule has 2 aromatic carbocycles. The topological polar surface area (TPSA) is 598 Å². The lowest BCUT2D eigenvalue weighted by Gasteiger charge is -2.32. The van der Waals surface area contributed by atoms with Gasteiger partial charge in [-0.05, 0) is 107 Å². The van der Waals surface area contributed by atoms with Crippen LogP contribution in [0.3, 0.4) is 0 Å². The van der Waals surface area contributed by atoms with Crippen molar-refractivity contribution in [1.82, 2.24) is 63.5 Å². The van der Waals surface area contributed by atoms with Crippen molar-refractivity contribution in [3.63, 3.8) is 0 Å². The highest BCUT2D eigenvalue weighted by atomic mass is 16.4. The highest BCUT2D eigenvalue weighted by Crippen LogP contribution is 2.25. The molecule has 27 N–H and O–H groups in total. The molecule has 1 unspecified atom stereocenters. The van der Waals surface area contributed by atoms with Gasteiger partial charge in [-0.25, -0.2) is 21.7 Å². The Morgan fingerprint density at radius 1 is 0.667 bits per heavy atom. The van der Waals surface area contributed by atoms with Gasteiger partial charge < -0.3 is 86.0 Å². The van der Waals surface area contributed by atoms with Gasteiger partial charge in [0.1, 0.15) is 48.5 Å². The van der Waals surface area contributed by atoms with Gasteiger partial charge in [0.25, 0.3) is 0 Å². The number of nitrogens with zero attached hydrogens (tertiary/aromatic N) is 1. The average Bonchev–Trinajstić information content (AvgIpc) is 1.80. The first-order valence-corrected chi connectivity index (χ1v) is 30.0. The van der Waals surface area contributed by atoms with Crippen molar-refractivity contribution in [2.24, 2.45) is 40.3 Å². The lowest BCUT2D eigenvalue weighted by Crippen LogP contribution is -2.62. The smallest absolute Gasteiger partial charge is 0.305 e. The van der Waals surface area contributed by atoms with Crippen LogP contribution in [0.4, 0.5) is 0 Å². The van der Waals surface area contributed by atoms with Crippen LogP contribution in [-0.2, 0) is 75.2 Å². The number of fused-ring (bicyclic) bond motifs is 1. The molecule has 0 spiro atoms. The Kier molecular flexibility index (Phi) is 31.4. The molecule has 512 valence electrons. The van der Waals surface area contributed by atoms with Crippen LogP contribution in [0.5, 0.6) is 5.75 Å². The summed E-state index contributed by atoms with van der Waals surface area (Å²) in [5, 5.41) is 56.5. The maximum Gasteiger partial charge on any atom is 0.305 e. The van der Waals surface area contributed by atoms with Crippen molar-refractivity contribution >= 4 is 87.5 Å². The van der Waals surface area contributed by atoms with E-state index in [-0.39, 0.29) is 83.0 Å². The molecule has 0 saturated carbocycles. The van der Waals surface area contributed by atoms with Gasteiger partial charge >= 0.3 is 5.97 Å². The number of ketones is 5. The number of Topliss-reactive ketones (excluding diaryl/α,β-unsaturated/α-hetero) is 5. The maximum absolute atomic E-state index is 14.5. The molecule has 11 atom stereocenters. The first-order valence-electron chi connectivity index (χ1n) is 30.0. The number of hydrogen-bond donors (Lipinski definition) is 21. The van der Waals surface area contributed by atoms with Crippen LogP contribution >= 0.6 is 0 Å². The third-order valence-electron chi connectivity index (χ3n) is 15.0. The molecule has 35 nitrogen and oxygen atoms in total. The second-order valence-electron chi connectivity index (χ2n) is 22.8. The fourth-order valence-corrected chi connectivity index (χ4v) is 10.0. The number of aromatic amines is 1. The molecule has 0 radical (unpaired) electrons. The summed E-state index contributed by atoms with van der Waals surface area (Å²) in [5.41, 5.74) is 45.9. The zero-order valence-corrected chi connectivity index (χ0v) is 51.8. The molecule has 2 heterocycles. The second kappa shape index (κ2) is 37.9. The number of likely N-dealkylation sites (tertiary alicyclic amines) is 1. The van der Waals surface area contributed by atoms with Crippen LogP contribution in [0.2, 0.25) is 0 Å². The van der Waals surface area contributed by atoms with Crippen LogP contribution < -0.4 is 88.0 Å². The largest absolute Gasteiger partial charge is 0.508 e. The van der Waals surface area contributed by atoms with Gasteiger partial charge in [-0.1, -0.05) is 44.2 Å². The van der Waals surface area contributed by atoms with E-state index in [0.717, 1.165) is 11.8 Å². The number of hydrogen-bond acceptors (Lipinski definition) is 27. The molecule has 0 bridgehead atoms. The van der Waals surface area contributed by atoms with E-state index in [0.29, 0.717) is 22.0 Å². The highest BCUT2D eigenvalue weighted by Gasteiger charge is 2.44. The Balaban J connectivity index is 1.53. The third kappa shape index (κ3) is 24.2. The van der Waals surface area contributed by atoms with Crippen LogP contribution in [0, 0.1) is 5.92 Å². The maximum atomic E-state index is 14.5. The quantitative estimate of drug-likeness (QED) is 0.00822. The number of aromatic hydroxyl groups is 1. The van der Waals surface area contributed by atoms with Crippen LogP contribution in [0.1, 0.15) is 83.3 Å². The average molecular weight is 1310 g/mol. The Morgan fingerprint density at radius 3 is 1.82 bits per heavy atom. The number of nitrogens with one attached hydrogen (secondary N) is 11. The minimum absolute atomic E-state index is 0.00832. The molecule has 6 amide bonds. The van der Waals surface area contributed by atoms with Gasteiger partial charge in [-0.2, -0.15) is 0 Å². The van der Waals surface area contributed by atoms with Crippen molar-refractivity contribution in [3.8, 4) is 5.75 Å². The monoisotopic (exact) mass is 1310 g/mol. The van der Waals surface area contributed by atoms with Crippen molar-refractivity contribution in [2.75, 3.05) is 26.2 Å². The van der Waals surface area contributed by atoms with Gasteiger partial charge in [0.2, 0.25) is 64.4 Å². The summed E-state index contributed by atoms with van der Waals surface area (Å²) >= 11 is 0. The lowest BCUT2D eigenvalue weighted by atomic mass is 9.96. The zero-order valence-electron chi connectivity index (χ0n) is 51.8. The Labute approximate surface area is 534 Å². The molecule has 0 aliphatic carbocycles. The number of rotatable bonds is 44. The number of aromatic nitrogens is 1. The van der Waals surface area contributed by atoms with E-state index in [9.17, 15) is 82.8 Å². The van der Waals surface area contributed by atoms with E-state index >= 15 is 0 Å². The summed E-state index contributed by atoms with van der Waals surface area (Å²) in [5.74, 6) is -14.6. The number of aldehydes is 1. The van der Waals surface area contributed by atoms with E-state index in [1.165, 1.54) is 38.2 Å². The van der Waals surface area contributed by atoms with Crippen LogP contribution in [0.25, 0.3) is 10.9 Å². The molecule has 3 aromatic rings. The van der Waals surface area contributed by atoms with E-state index in [2.05, 4.69) is 58.6 Å². The summed E-state index contributed by atoms with van der Waals surface area (Å²) in [6.07, 6.45) is -3.89. The second-order valence-corrected chi connectivity index (χ2v) is 22.8. The number of benzene rings is 2. The molecule has 35 heteroatoms. The SMILES string of the molecule is CC(C)[C@H](NC(=O)[C@H](CC(N)=O)NNC(Cc1c[nH]c2ccc(O)cc12)C(=O)C(=O)[C@@H](N)CC(=O)O)C(=O)N1CCC[C@H]1C(=O)C(=O)[C@H](CO)NC(=O)[C@H](CCCNC(N)N)NC(=O)[C@@H](NC(=O)[C@H](CCCNC(N)N)NN[C@@H](Cc1ccccc1)C(=O)C=O)[C@@H](C)O. The fourth-order valence-electron chi connectivity index (χ4n) is 10.0. The number of carboxylic acid groups (broad SMARTS) is 1. The minimum atomic E-state index is -1.99. The number of primary amides is 1. The first kappa shape index (κ1) is 77.0. The van der Waals surface area contributed by atoms with Crippen molar-refractivity contribution < 1.29 is 82.8 Å². The molecule has 93 heavy (non-hydrogen) atoms. The summed E-state index contributed by atoms with van der Waals surface area (Å²) in [6.45, 7) is 3.17. The lowest BCUT2D eigenvalue weighted by molar-refractivity contribution is -0.147. The molecular formula is C58H88N18O17. The molecule has 1 aliphatic rings. The van der Waals surface area contributed by atoms with Crippen LogP contribution in [0.15, 0.2) is 54.7 Å². The van der Waals surface area contributed by atoms with Gasteiger partial charge in [0, 0.05) is 23.6 Å². The number of carboxylic acids is 1. The number of hydrazine groups is 2. The highest BCUT2D eigenvalue weighted by molar-refractivity contribution is 6.42. The fraction of sp³-hybridized carbons (Fsp3) is 0.534. The van der Waals surface area contributed by atoms with Gasteiger partial charge in [0.05, 0.1) is 55.8 Å². The van der Waals surface area contributed by atoms with E-state index in [1.807, 2.05) is 0 Å². The first-order chi connectivity index (χ1) is 44.0. The van der Waals surface area contributed by atoms with E-state index < -0.39 is 175 Å². The Morgan fingerprint density at radius 2 is 1.24 bits per heavy atom. The van der Waals surface area contributed by atoms with Crippen molar-refractivity contribution in [2.45, 2.75) is 164 Å². The van der Waals surface area contributed by atoms with Crippen molar-refractivity contribution in [3.05, 3.63) is 65.9 Å². The number of carbonyl (C=O) groups excluding carboxylic acids is 12. The summed E-state index contributed by atoms with van der Waals surface area (Å²) in [4.78, 5) is 178. The van der Waals surface area contributed by atoms with Gasteiger partial charge in [-0.15, -0.1) is 0 Å². The zero-order chi connectivity index (χ0) is 69.2. The number of amides is 6. The number of phenols is 1. The number of H-pyrrole nitrogens is 1. The standard InChI is InChI=1S/C58H88N18O17/c1-28(2)46(70-54(91)40(24-44(60)82)75-74-39(49(86)48(85)34(59)23-45(83)84)21-31-25-67-35-16-15-32(80)22-33(31)35)56(93)76-19-9-14-42(76)51(88)50(87)41(26-77)69-52(89)36(12-7-17-65-57(61)62)68-55(92)47(29(3)79)71-53(90)37(13-8-18-66-58(63)64)72-73-38(43(81)27-78)20-30-10-5-4-6-11-30/h4-6,10-11,15-16,22,25,27-29,34,36-42,46-47,57-58,65-67,72-75,77,79-80H,7-9,12-14,17-21,23-24,26,59,61-64H2,1-3H3,(H2,60,82)(H,68,92)(H,69,89)(H,70,91)(H,71,90)(H,83,84)/t29-,34+,36+,37+,38+,39?,40+,41+,42+,46+,47+/m1/s1. The predicted molar refractivity (Wildman–Crippen MR) is 332 cm³/mol.